The number of hydrogen-bond donors (Lipinski definition) is 0. The summed E-state index contributed by atoms with van der Waals surface area (Å²) >= 11 is 18.7. The van der Waals surface area contributed by atoms with E-state index in [1.165, 1.54) is 12.1 Å². The Kier molecular flexibility index (Phi) is 8.76. The lowest BCUT2D eigenvalue weighted by Gasteiger charge is -2.33. The van der Waals surface area contributed by atoms with Crippen LogP contribution in [-0.4, -0.2) is 27.4 Å². The van der Waals surface area contributed by atoms with Crippen molar-refractivity contribution in [1.82, 2.24) is 0 Å². The van der Waals surface area contributed by atoms with Crippen LogP contribution in [0.1, 0.15) is 42.1 Å². The van der Waals surface area contributed by atoms with E-state index in [0.717, 1.165) is 23.1 Å². The lowest BCUT2D eigenvalue weighted by Crippen LogP contribution is -2.34. The minimum atomic E-state index is -3.88. The molecule has 0 amide bonds. The first-order valence-electron chi connectivity index (χ1n) is 11.2. The summed E-state index contributed by atoms with van der Waals surface area (Å²) in [6, 6.07) is 19.1. The second-order valence-corrected chi connectivity index (χ2v) is 11.3. The third kappa shape index (κ3) is 6.98. The molecule has 0 spiro atoms. The summed E-state index contributed by atoms with van der Waals surface area (Å²) in [5.41, 5.74) is 2.56. The predicted octanol–water partition coefficient (Wildman–Crippen LogP) is 7.36. The van der Waals surface area contributed by atoms with Gasteiger partial charge in [0.05, 0.1) is 17.6 Å². The van der Waals surface area contributed by atoms with Crippen molar-refractivity contribution in [3.63, 3.8) is 0 Å². The van der Waals surface area contributed by atoms with Gasteiger partial charge in [-0.05, 0) is 68.1 Å². The van der Waals surface area contributed by atoms with Crippen molar-refractivity contribution < 1.29 is 22.1 Å². The SMILES string of the molecule is Cc1ccc(S(=O)(=O)OC[C@H]2CCC[C@H](OC(c3ccc(Cl)cc3)c3ccc(Cl)cc3Cl)O2)cc1. The summed E-state index contributed by atoms with van der Waals surface area (Å²) in [5, 5.41) is 1.60. The number of benzene rings is 3. The van der Waals surface area contributed by atoms with E-state index in [1.807, 2.05) is 25.1 Å². The van der Waals surface area contributed by atoms with E-state index in [-0.39, 0.29) is 11.5 Å². The lowest BCUT2D eigenvalue weighted by molar-refractivity contribution is -0.214. The quantitative estimate of drug-likeness (QED) is 0.272. The Bertz CT molecular complexity index is 1250. The summed E-state index contributed by atoms with van der Waals surface area (Å²) in [6.07, 6.45) is 0.572. The average Bonchev–Trinajstić information content (AvgIpc) is 2.83. The zero-order valence-electron chi connectivity index (χ0n) is 19.0. The smallest absolute Gasteiger partial charge is 0.297 e. The molecule has 3 atom stereocenters. The van der Waals surface area contributed by atoms with Crippen molar-refractivity contribution in [3.8, 4) is 0 Å². The summed E-state index contributed by atoms with van der Waals surface area (Å²) in [5.74, 6) is 0. The highest BCUT2D eigenvalue weighted by Crippen LogP contribution is 2.36. The van der Waals surface area contributed by atoms with Crippen LogP contribution < -0.4 is 0 Å². The number of aryl methyl sites for hydroxylation is 1. The van der Waals surface area contributed by atoms with E-state index in [2.05, 4.69) is 0 Å². The molecule has 0 aromatic heterocycles. The Morgan fingerprint density at radius 2 is 1.63 bits per heavy atom. The second-order valence-electron chi connectivity index (χ2n) is 8.40. The number of halogens is 3. The normalized spacial score (nSPS) is 19.4. The minimum absolute atomic E-state index is 0.0939. The maximum atomic E-state index is 12.6. The number of hydrogen-bond acceptors (Lipinski definition) is 5. The highest BCUT2D eigenvalue weighted by atomic mass is 35.5. The van der Waals surface area contributed by atoms with Crippen molar-refractivity contribution in [1.29, 1.82) is 0 Å². The first kappa shape index (κ1) is 26.4. The van der Waals surface area contributed by atoms with Crippen molar-refractivity contribution in [2.45, 2.75) is 49.6 Å². The summed E-state index contributed by atoms with van der Waals surface area (Å²) < 4.78 is 42.9. The molecule has 1 saturated heterocycles. The highest BCUT2D eigenvalue weighted by molar-refractivity contribution is 7.86. The molecule has 1 heterocycles. The summed E-state index contributed by atoms with van der Waals surface area (Å²) in [6.45, 7) is 1.80. The van der Waals surface area contributed by atoms with Crippen LogP contribution in [0.25, 0.3) is 0 Å². The maximum absolute atomic E-state index is 12.6. The Balaban J connectivity index is 1.47. The molecule has 0 saturated carbocycles. The van der Waals surface area contributed by atoms with Crippen LogP contribution in [0.2, 0.25) is 15.1 Å². The molecule has 3 aromatic rings. The van der Waals surface area contributed by atoms with Crippen molar-refractivity contribution in [2.75, 3.05) is 6.61 Å². The highest BCUT2D eigenvalue weighted by Gasteiger charge is 2.29. The third-order valence-corrected chi connectivity index (χ3v) is 7.84. The molecule has 1 aliphatic rings. The average molecular weight is 556 g/mol. The van der Waals surface area contributed by atoms with Gasteiger partial charge in [-0.3, -0.25) is 4.18 Å². The predicted molar refractivity (Wildman–Crippen MR) is 138 cm³/mol. The Morgan fingerprint density at radius 3 is 2.31 bits per heavy atom. The van der Waals surface area contributed by atoms with E-state index in [0.29, 0.717) is 27.9 Å². The largest absolute Gasteiger partial charge is 0.347 e. The summed E-state index contributed by atoms with van der Waals surface area (Å²) in [4.78, 5) is 0.117. The van der Waals surface area contributed by atoms with E-state index in [9.17, 15) is 8.42 Å². The number of ether oxygens (including phenoxy) is 2. The standard InChI is InChI=1S/C26H25Cl3O5S/c1-17-5-12-22(13-6-17)35(30,31)32-16-21-3-2-4-25(33-21)34-26(18-7-9-19(27)10-8-18)23-14-11-20(28)15-24(23)29/h5-15,21,25-26H,2-4,16H2,1H3/t21-,25+,26?/m1/s1. The maximum Gasteiger partial charge on any atom is 0.297 e. The third-order valence-electron chi connectivity index (χ3n) is 5.73. The monoisotopic (exact) mass is 554 g/mol. The van der Waals surface area contributed by atoms with Gasteiger partial charge in [-0.15, -0.1) is 0 Å². The lowest BCUT2D eigenvalue weighted by atomic mass is 10.0. The van der Waals surface area contributed by atoms with Gasteiger partial charge in [0.15, 0.2) is 6.29 Å². The topological polar surface area (TPSA) is 61.8 Å². The molecule has 0 bridgehead atoms. The van der Waals surface area contributed by atoms with Crippen LogP contribution >= 0.6 is 34.8 Å². The summed E-state index contributed by atoms with van der Waals surface area (Å²) in [7, 11) is -3.88. The molecule has 186 valence electrons. The van der Waals surface area contributed by atoms with Gasteiger partial charge in [-0.1, -0.05) is 70.7 Å². The molecule has 9 heteroatoms. The van der Waals surface area contributed by atoms with E-state index in [1.54, 1.807) is 36.4 Å². The zero-order chi connectivity index (χ0) is 25.0. The van der Waals surface area contributed by atoms with E-state index < -0.39 is 28.6 Å². The van der Waals surface area contributed by atoms with Crippen molar-refractivity contribution in [2.24, 2.45) is 0 Å². The second kappa shape index (κ2) is 11.6. The van der Waals surface area contributed by atoms with Crippen LogP contribution in [0.3, 0.4) is 0 Å². The van der Waals surface area contributed by atoms with Crippen LogP contribution in [0.5, 0.6) is 0 Å². The molecular weight excluding hydrogens is 531 g/mol. The van der Waals surface area contributed by atoms with Crippen LogP contribution in [0.15, 0.2) is 71.6 Å². The molecule has 0 N–H and O–H groups in total. The van der Waals surface area contributed by atoms with Gasteiger partial charge in [0, 0.05) is 20.6 Å². The fourth-order valence-electron chi connectivity index (χ4n) is 3.86. The fourth-order valence-corrected chi connectivity index (χ4v) is 5.43. The first-order valence-corrected chi connectivity index (χ1v) is 13.7. The molecule has 35 heavy (non-hydrogen) atoms. The van der Waals surface area contributed by atoms with Gasteiger partial charge in [0.1, 0.15) is 6.10 Å². The van der Waals surface area contributed by atoms with E-state index >= 15 is 0 Å². The number of rotatable bonds is 8. The Hall–Kier alpha value is -1.64. The molecule has 3 aromatic carbocycles. The Morgan fingerprint density at radius 1 is 0.943 bits per heavy atom. The van der Waals surface area contributed by atoms with Crippen LogP contribution in [-0.2, 0) is 23.8 Å². The molecule has 5 nitrogen and oxygen atoms in total. The van der Waals surface area contributed by atoms with Gasteiger partial charge in [0.2, 0.25) is 0 Å². The van der Waals surface area contributed by atoms with Crippen molar-refractivity contribution in [3.05, 3.63) is 98.5 Å². The molecule has 1 fully saturated rings. The fraction of sp³-hybridized carbons (Fsp3) is 0.308. The first-order chi connectivity index (χ1) is 16.7. The molecule has 0 radical (unpaired) electrons. The van der Waals surface area contributed by atoms with Gasteiger partial charge in [-0.2, -0.15) is 8.42 Å². The molecule has 1 unspecified atom stereocenters. The zero-order valence-corrected chi connectivity index (χ0v) is 22.1. The van der Waals surface area contributed by atoms with Crippen molar-refractivity contribution >= 4 is 44.9 Å². The Labute approximate surface area is 221 Å². The van der Waals surface area contributed by atoms with Gasteiger partial charge < -0.3 is 9.47 Å². The van der Waals surface area contributed by atoms with Gasteiger partial charge in [0.25, 0.3) is 10.1 Å². The van der Waals surface area contributed by atoms with Gasteiger partial charge >= 0.3 is 0 Å². The van der Waals surface area contributed by atoms with E-state index in [4.69, 9.17) is 48.5 Å². The molecule has 0 aliphatic carbocycles. The molecule has 4 rings (SSSR count). The van der Waals surface area contributed by atoms with Crippen LogP contribution in [0.4, 0.5) is 0 Å². The molecule has 1 aliphatic heterocycles. The van der Waals surface area contributed by atoms with Crippen LogP contribution in [0, 0.1) is 6.92 Å². The van der Waals surface area contributed by atoms with Gasteiger partial charge in [-0.25, -0.2) is 0 Å². The molecular formula is C26H25Cl3O5S. The minimum Gasteiger partial charge on any atom is -0.347 e.